The number of thiazole rings is 1. The summed E-state index contributed by atoms with van der Waals surface area (Å²) in [6.45, 7) is 1.82. The summed E-state index contributed by atoms with van der Waals surface area (Å²) in [5.41, 5.74) is 2.60. The monoisotopic (exact) mass is 658 g/mol. The van der Waals surface area contributed by atoms with Crippen molar-refractivity contribution in [2.24, 2.45) is 4.99 Å². The number of rotatable bonds is 8. The van der Waals surface area contributed by atoms with Crippen molar-refractivity contribution in [2.45, 2.75) is 19.6 Å². The SMILES string of the molecule is COC(=O)C1=C(C)N=c2sc(=Cc3ccc(OC)c(COc4c(Cl)cc(Cl)cc4Cl)c3)c(=O)n2[C@@H]1c1ccc(OC)cc1. The van der Waals surface area contributed by atoms with E-state index < -0.39 is 12.0 Å². The van der Waals surface area contributed by atoms with Crippen molar-refractivity contribution in [1.82, 2.24) is 4.57 Å². The molecule has 1 atom stereocenters. The van der Waals surface area contributed by atoms with Gasteiger partial charge in [0, 0.05) is 10.6 Å². The topological polar surface area (TPSA) is 88.4 Å². The second-order valence-electron chi connectivity index (χ2n) is 9.41. The molecule has 0 N–H and O–H groups in total. The van der Waals surface area contributed by atoms with E-state index in [0.29, 0.717) is 48.4 Å². The van der Waals surface area contributed by atoms with E-state index in [1.54, 1.807) is 57.6 Å². The molecular weight excluding hydrogens is 635 g/mol. The quantitative estimate of drug-likeness (QED) is 0.217. The summed E-state index contributed by atoms with van der Waals surface area (Å²) in [5, 5.41) is 0.954. The molecule has 0 fully saturated rings. The standard InChI is InChI=1S/C31H25Cl3N2O6S/c1-16-26(30(38)41-4)27(18-6-8-21(39-2)9-7-18)36-29(37)25(43-31(36)35-16)12-17-5-10-24(40-3)19(11-17)15-42-28-22(33)13-20(32)14-23(28)34/h5-14,27H,15H2,1-4H3/t27-/m1/s1. The van der Waals surface area contributed by atoms with Gasteiger partial charge in [0.2, 0.25) is 0 Å². The summed E-state index contributed by atoms with van der Waals surface area (Å²) in [7, 11) is 4.43. The summed E-state index contributed by atoms with van der Waals surface area (Å²) in [6.07, 6.45) is 1.76. The van der Waals surface area contributed by atoms with E-state index in [0.717, 1.165) is 5.56 Å². The van der Waals surface area contributed by atoms with Gasteiger partial charge in [-0.05, 0) is 60.5 Å². The zero-order valence-corrected chi connectivity index (χ0v) is 26.5. The van der Waals surface area contributed by atoms with Crippen molar-refractivity contribution in [2.75, 3.05) is 21.3 Å². The van der Waals surface area contributed by atoms with Gasteiger partial charge in [0.25, 0.3) is 5.56 Å². The summed E-state index contributed by atoms with van der Waals surface area (Å²) in [6, 6.07) is 15.0. The highest BCUT2D eigenvalue weighted by Gasteiger charge is 2.33. The molecule has 222 valence electrons. The highest BCUT2D eigenvalue weighted by atomic mass is 35.5. The molecule has 12 heteroatoms. The molecule has 1 aromatic heterocycles. The molecule has 1 aliphatic rings. The fourth-order valence-corrected chi connectivity index (χ4v) is 6.74. The lowest BCUT2D eigenvalue weighted by molar-refractivity contribution is -0.136. The number of nitrogens with zero attached hydrogens (tertiary/aromatic N) is 2. The first-order valence-electron chi connectivity index (χ1n) is 12.8. The number of hydrogen-bond donors (Lipinski definition) is 0. The Morgan fingerprint density at radius 1 is 1.00 bits per heavy atom. The number of hydrogen-bond acceptors (Lipinski definition) is 8. The third-order valence-electron chi connectivity index (χ3n) is 6.80. The van der Waals surface area contributed by atoms with E-state index in [1.807, 2.05) is 24.3 Å². The predicted octanol–water partition coefficient (Wildman–Crippen LogP) is 5.96. The molecule has 0 saturated heterocycles. The molecule has 43 heavy (non-hydrogen) atoms. The summed E-state index contributed by atoms with van der Waals surface area (Å²) < 4.78 is 23.8. The Morgan fingerprint density at radius 3 is 2.33 bits per heavy atom. The normalized spacial score (nSPS) is 14.7. The minimum atomic E-state index is -0.731. The first kappa shape index (κ1) is 30.7. The van der Waals surface area contributed by atoms with Crippen LogP contribution in [0.1, 0.15) is 29.7 Å². The molecule has 0 spiro atoms. The van der Waals surface area contributed by atoms with Gasteiger partial charge in [-0.1, -0.05) is 64.3 Å². The largest absolute Gasteiger partial charge is 0.497 e. The lowest BCUT2D eigenvalue weighted by Gasteiger charge is -2.24. The van der Waals surface area contributed by atoms with Gasteiger partial charge in [-0.25, -0.2) is 9.79 Å². The first-order valence-corrected chi connectivity index (χ1v) is 14.8. The van der Waals surface area contributed by atoms with Gasteiger partial charge in [0.05, 0.1) is 53.2 Å². The predicted molar refractivity (Wildman–Crippen MR) is 168 cm³/mol. The van der Waals surface area contributed by atoms with Gasteiger partial charge in [-0.3, -0.25) is 9.36 Å². The molecule has 2 heterocycles. The van der Waals surface area contributed by atoms with Gasteiger partial charge in [0.1, 0.15) is 18.1 Å². The molecule has 0 bridgehead atoms. The van der Waals surface area contributed by atoms with Crippen LogP contribution in [0.3, 0.4) is 0 Å². The zero-order valence-electron chi connectivity index (χ0n) is 23.4. The molecular formula is C31H25Cl3N2O6S. The average molecular weight is 660 g/mol. The second kappa shape index (κ2) is 12.9. The van der Waals surface area contributed by atoms with E-state index in [-0.39, 0.29) is 27.8 Å². The number of fused-ring (bicyclic) bond motifs is 1. The van der Waals surface area contributed by atoms with E-state index in [1.165, 1.54) is 23.0 Å². The molecule has 1 aliphatic heterocycles. The molecule has 4 aromatic rings. The van der Waals surface area contributed by atoms with Crippen molar-refractivity contribution in [3.8, 4) is 17.2 Å². The van der Waals surface area contributed by atoms with Crippen molar-refractivity contribution in [1.29, 1.82) is 0 Å². The maximum atomic E-state index is 13.9. The number of carbonyl (C=O) groups is 1. The van der Waals surface area contributed by atoms with Crippen LogP contribution in [0.15, 0.2) is 75.7 Å². The summed E-state index contributed by atoms with van der Waals surface area (Å²) in [5.74, 6) is 0.967. The first-order chi connectivity index (χ1) is 20.6. The lowest BCUT2D eigenvalue weighted by atomic mass is 9.96. The summed E-state index contributed by atoms with van der Waals surface area (Å²) in [4.78, 5) is 31.9. The minimum absolute atomic E-state index is 0.0896. The third kappa shape index (κ3) is 6.17. The molecule has 0 aliphatic carbocycles. The molecule has 0 saturated carbocycles. The molecule has 5 rings (SSSR count). The van der Waals surface area contributed by atoms with Crippen molar-refractivity contribution >= 4 is 58.2 Å². The van der Waals surface area contributed by atoms with Crippen LogP contribution in [0.4, 0.5) is 0 Å². The third-order valence-corrected chi connectivity index (χ3v) is 8.56. The Balaban J connectivity index is 1.57. The second-order valence-corrected chi connectivity index (χ2v) is 11.7. The van der Waals surface area contributed by atoms with E-state index in [2.05, 4.69) is 4.99 Å². The minimum Gasteiger partial charge on any atom is -0.497 e. The van der Waals surface area contributed by atoms with Gasteiger partial charge >= 0.3 is 5.97 Å². The van der Waals surface area contributed by atoms with E-state index >= 15 is 0 Å². The van der Waals surface area contributed by atoms with E-state index in [9.17, 15) is 9.59 Å². The molecule has 0 amide bonds. The van der Waals surface area contributed by atoms with Crippen LogP contribution in [-0.2, 0) is 16.1 Å². The fourth-order valence-electron chi connectivity index (χ4n) is 4.76. The number of methoxy groups -OCH3 is 3. The van der Waals surface area contributed by atoms with Crippen LogP contribution in [0.2, 0.25) is 15.1 Å². The van der Waals surface area contributed by atoms with Gasteiger partial charge < -0.3 is 18.9 Å². The van der Waals surface area contributed by atoms with Crippen molar-refractivity contribution < 1.29 is 23.7 Å². The molecule has 0 radical (unpaired) electrons. The van der Waals surface area contributed by atoms with Crippen LogP contribution >= 0.6 is 46.1 Å². The van der Waals surface area contributed by atoms with E-state index in [4.69, 9.17) is 53.8 Å². The van der Waals surface area contributed by atoms with Crippen LogP contribution in [-0.4, -0.2) is 31.9 Å². The highest BCUT2D eigenvalue weighted by molar-refractivity contribution is 7.07. The van der Waals surface area contributed by atoms with Crippen LogP contribution in [0, 0.1) is 0 Å². The Labute approximate surface area is 266 Å². The van der Waals surface area contributed by atoms with Gasteiger partial charge in [-0.15, -0.1) is 0 Å². The Morgan fingerprint density at radius 2 is 1.70 bits per heavy atom. The Kier molecular flexibility index (Phi) is 9.17. The number of carbonyl (C=O) groups excluding carboxylic acids is 1. The molecule has 0 unspecified atom stereocenters. The number of aromatic nitrogens is 1. The molecule has 8 nitrogen and oxygen atoms in total. The maximum absolute atomic E-state index is 13.9. The number of ether oxygens (including phenoxy) is 4. The maximum Gasteiger partial charge on any atom is 0.338 e. The average Bonchev–Trinajstić information content (AvgIpc) is 3.29. The smallest absolute Gasteiger partial charge is 0.338 e. The number of halogens is 3. The van der Waals surface area contributed by atoms with Crippen LogP contribution in [0.25, 0.3) is 6.08 Å². The van der Waals surface area contributed by atoms with Crippen LogP contribution in [0.5, 0.6) is 17.2 Å². The molecule has 3 aromatic carbocycles. The van der Waals surface area contributed by atoms with Gasteiger partial charge in [-0.2, -0.15) is 0 Å². The highest BCUT2D eigenvalue weighted by Crippen LogP contribution is 2.37. The number of benzene rings is 3. The summed E-state index contributed by atoms with van der Waals surface area (Å²) >= 11 is 19.8. The lowest BCUT2D eigenvalue weighted by Crippen LogP contribution is -2.39. The number of allylic oxidation sites excluding steroid dienone is 1. The Hall–Kier alpha value is -3.76. The fraction of sp³-hybridized carbons (Fsp3) is 0.194. The van der Waals surface area contributed by atoms with Gasteiger partial charge in [0.15, 0.2) is 10.6 Å². The van der Waals surface area contributed by atoms with Crippen LogP contribution < -0.4 is 29.1 Å². The Bertz CT molecular complexity index is 1910. The van der Waals surface area contributed by atoms with Crippen molar-refractivity contribution in [3.05, 3.63) is 117 Å². The zero-order chi connectivity index (χ0) is 30.8. The number of esters is 1. The van der Waals surface area contributed by atoms with Crippen molar-refractivity contribution in [3.63, 3.8) is 0 Å².